The number of H-pyrrole nitrogens is 1. The van der Waals surface area contributed by atoms with E-state index in [1.54, 1.807) is 17.0 Å². The van der Waals surface area contributed by atoms with Crippen LogP contribution >= 0.6 is 0 Å². The standard InChI is InChI=1S/C34H29FN4O2/c35-24-14-16-25(17-15-24)37-18-20-38(21-19-37)30(40)22-39-33(26-10-4-5-11-27(26)34(39)41)31-28-12-6-7-13-29(28)36-32(31)23-8-2-1-3-9-23/h1-17,33,36H,18-22H2. The van der Waals surface area contributed by atoms with E-state index in [1.165, 1.54) is 12.1 Å². The molecule has 1 saturated heterocycles. The summed E-state index contributed by atoms with van der Waals surface area (Å²) in [6.07, 6.45) is 0. The molecule has 7 heteroatoms. The van der Waals surface area contributed by atoms with E-state index in [0.717, 1.165) is 39.0 Å². The van der Waals surface area contributed by atoms with E-state index in [4.69, 9.17) is 0 Å². The number of anilines is 1. The number of aromatic nitrogens is 1. The number of halogens is 1. The molecule has 1 unspecified atom stereocenters. The normalized spacial score (nSPS) is 16.9. The van der Waals surface area contributed by atoms with E-state index in [0.29, 0.717) is 31.7 Å². The van der Waals surface area contributed by atoms with Crippen molar-refractivity contribution in [3.63, 3.8) is 0 Å². The number of hydrogen-bond donors (Lipinski definition) is 1. The van der Waals surface area contributed by atoms with Gasteiger partial charge >= 0.3 is 0 Å². The minimum absolute atomic E-state index is 0.0114. The highest BCUT2D eigenvalue weighted by Crippen LogP contribution is 2.45. The summed E-state index contributed by atoms with van der Waals surface area (Å²) in [5, 5.41) is 1.03. The van der Waals surface area contributed by atoms with Gasteiger partial charge in [-0.2, -0.15) is 0 Å². The molecule has 0 spiro atoms. The minimum atomic E-state index is -0.408. The van der Waals surface area contributed by atoms with Crippen LogP contribution in [0.2, 0.25) is 0 Å². The Hall–Kier alpha value is -4.91. The molecule has 1 aromatic heterocycles. The average molecular weight is 545 g/mol. The first-order chi connectivity index (χ1) is 20.1. The van der Waals surface area contributed by atoms with E-state index in [-0.39, 0.29) is 24.2 Å². The number of fused-ring (bicyclic) bond motifs is 2. The third-order valence-corrected chi connectivity index (χ3v) is 8.27. The first-order valence-electron chi connectivity index (χ1n) is 13.9. The molecule has 2 amide bonds. The summed E-state index contributed by atoms with van der Waals surface area (Å²) in [6, 6.07) is 32.0. The summed E-state index contributed by atoms with van der Waals surface area (Å²) in [5.74, 6) is -0.469. The van der Waals surface area contributed by atoms with Crippen LogP contribution in [0, 0.1) is 5.82 Å². The van der Waals surface area contributed by atoms with Crippen molar-refractivity contribution in [2.45, 2.75) is 6.04 Å². The van der Waals surface area contributed by atoms with E-state index >= 15 is 0 Å². The molecule has 204 valence electrons. The molecule has 0 aliphatic carbocycles. The second-order valence-electron chi connectivity index (χ2n) is 10.6. The smallest absolute Gasteiger partial charge is 0.255 e. The Labute approximate surface area is 237 Å². The molecule has 4 aromatic carbocycles. The molecule has 5 aromatic rings. The molecular formula is C34H29FN4O2. The third kappa shape index (κ3) is 4.43. The van der Waals surface area contributed by atoms with Gasteiger partial charge < -0.3 is 19.7 Å². The Morgan fingerprint density at radius 1 is 0.805 bits per heavy atom. The monoisotopic (exact) mass is 544 g/mol. The lowest BCUT2D eigenvalue weighted by atomic mass is 9.93. The highest BCUT2D eigenvalue weighted by atomic mass is 19.1. The van der Waals surface area contributed by atoms with Gasteiger partial charge in [0, 0.05) is 53.9 Å². The molecule has 1 atom stereocenters. The number of amides is 2. The first-order valence-corrected chi connectivity index (χ1v) is 13.9. The number of hydrogen-bond acceptors (Lipinski definition) is 3. The van der Waals surface area contributed by atoms with Crippen LogP contribution in [-0.2, 0) is 4.79 Å². The number of carbonyl (C=O) groups excluding carboxylic acids is 2. The number of rotatable bonds is 5. The van der Waals surface area contributed by atoms with E-state index in [9.17, 15) is 14.0 Å². The number of benzene rings is 4. The quantitative estimate of drug-likeness (QED) is 0.301. The fraction of sp³-hybridized carbons (Fsp3) is 0.176. The predicted molar refractivity (Wildman–Crippen MR) is 158 cm³/mol. The van der Waals surface area contributed by atoms with Gasteiger partial charge in [-0.15, -0.1) is 0 Å². The molecule has 0 bridgehead atoms. The van der Waals surface area contributed by atoms with E-state index < -0.39 is 6.04 Å². The summed E-state index contributed by atoms with van der Waals surface area (Å²) in [4.78, 5) is 36.9. The van der Waals surface area contributed by atoms with Crippen molar-refractivity contribution in [1.29, 1.82) is 0 Å². The summed E-state index contributed by atoms with van der Waals surface area (Å²) in [6.45, 7) is 2.37. The van der Waals surface area contributed by atoms with Crippen LogP contribution in [0.1, 0.15) is 27.5 Å². The highest BCUT2D eigenvalue weighted by Gasteiger charge is 2.41. The first kappa shape index (κ1) is 25.1. The van der Waals surface area contributed by atoms with Gasteiger partial charge in [-0.25, -0.2) is 4.39 Å². The molecule has 0 radical (unpaired) electrons. The van der Waals surface area contributed by atoms with Crippen molar-refractivity contribution in [3.05, 3.63) is 126 Å². The fourth-order valence-corrected chi connectivity index (χ4v) is 6.24. The van der Waals surface area contributed by atoms with Gasteiger partial charge in [0.2, 0.25) is 5.91 Å². The predicted octanol–water partition coefficient (Wildman–Crippen LogP) is 5.87. The number of nitrogens with one attached hydrogen (secondary N) is 1. The summed E-state index contributed by atoms with van der Waals surface area (Å²) in [7, 11) is 0. The number of nitrogens with zero attached hydrogens (tertiary/aromatic N) is 3. The van der Waals surface area contributed by atoms with Crippen LogP contribution in [0.4, 0.5) is 10.1 Å². The van der Waals surface area contributed by atoms with Gasteiger partial charge in [0.1, 0.15) is 12.4 Å². The zero-order valence-electron chi connectivity index (χ0n) is 22.5. The Morgan fingerprint density at radius 2 is 1.49 bits per heavy atom. The molecule has 7 rings (SSSR count). The Morgan fingerprint density at radius 3 is 2.27 bits per heavy atom. The second-order valence-corrected chi connectivity index (χ2v) is 10.6. The van der Waals surface area contributed by atoms with Crippen LogP contribution in [0.15, 0.2) is 103 Å². The van der Waals surface area contributed by atoms with Crippen molar-refractivity contribution in [1.82, 2.24) is 14.8 Å². The molecule has 0 saturated carbocycles. The van der Waals surface area contributed by atoms with Crippen molar-refractivity contribution < 1.29 is 14.0 Å². The lowest BCUT2D eigenvalue weighted by Gasteiger charge is -2.37. The van der Waals surface area contributed by atoms with Crippen LogP contribution < -0.4 is 4.90 Å². The summed E-state index contributed by atoms with van der Waals surface area (Å²) in [5.41, 5.74) is 6.45. The molecule has 3 heterocycles. The van der Waals surface area contributed by atoms with Crippen molar-refractivity contribution in [2.75, 3.05) is 37.6 Å². The fourth-order valence-electron chi connectivity index (χ4n) is 6.24. The Balaban J connectivity index is 1.22. The lowest BCUT2D eigenvalue weighted by Crippen LogP contribution is -2.51. The van der Waals surface area contributed by atoms with Crippen LogP contribution in [0.25, 0.3) is 22.2 Å². The zero-order chi connectivity index (χ0) is 27.9. The van der Waals surface area contributed by atoms with Gasteiger partial charge in [0.05, 0.1) is 11.7 Å². The van der Waals surface area contributed by atoms with Gasteiger partial charge in [-0.3, -0.25) is 9.59 Å². The summed E-state index contributed by atoms with van der Waals surface area (Å²) < 4.78 is 13.4. The van der Waals surface area contributed by atoms with Crippen LogP contribution in [-0.4, -0.2) is 59.3 Å². The highest BCUT2D eigenvalue weighted by molar-refractivity contribution is 6.03. The van der Waals surface area contributed by atoms with Gasteiger partial charge in [-0.05, 0) is 47.5 Å². The Bertz CT molecular complexity index is 1740. The average Bonchev–Trinajstić information content (AvgIpc) is 3.53. The topological polar surface area (TPSA) is 59.7 Å². The van der Waals surface area contributed by atoms with Crippen molar-refractivity contribution in [3.8, 4) is 11.3 Å². The molecule has 41 heavy (non-hydrogen) atoms. The maximum absolute atomic E-state index is 13.9. The number of piperazine rings is 1. The summed E-state index contributed by atoms with van der Waals surface area (Å²) >= 11 is 0. The molecule has 1 N–H and O–H groups in total. The third-order valence-electron chi connectivity index (χ3n) is 8.27. The molecule has 2 aliphatic heterocycles. The van der Waals surface area contributed by atoms with Crippen LogP contribution in [0.3, 0.4) is 0 Å². The SMILES string of the molecule is O=C(CN1C(=O)c2ccccc2C1c1c(-c2ccccc2)[nH]c2ccccc12)N1CCN(c2ccc(F)cc2)CC1. The number of aromatic amines is 1. The molecular weight excluding hydrogens is 515 g/mol. The van der Waals surface area contributed by atoms with Crippen molar-refractivity contribution >= 4 is 28.4 Å². The maximum Gasteiger partial charge on any atom is 0.255 e. The molecule has 6 nitrogen and oxygen atoms in total. The van der Waals surface area contributed by atoms with Gasteiger partial charge in [-0.1, -0.05) is 66.7 Å². The van der Waals surface area contributed by atoms with E-state index in [2.05, 4.69) is 28.1 Å². The number of carbonyl (C=O) groups is 2. The van der Waals surface area contributed by atoms with Crippen molar-refractivity contribution in [2.24, 2.45) is 0 Å². The second kappa shape index (κ2) is 10.2. The van der Waals surface area contributed by atoms with Gasteiger partial charge in [0.25, 0.3) is 5.91 Å². The van der Waals surface area contributed by atoms with E-state index in [1.807, 2.05) is 65.6 Å². The number of para-hydroxylation sites is 1. The lowest BCUT2D eigenvalue weighted by molar-refractivity contribution is -0.132. The molecule has 2 aliphatic rings. The Kier molecular flexibility index (Phi) is 6.27. The van der Waals surface area contributed by atoms with Gasteiger partial charge in [0.15, 0.2) is 0 Å². The maximum atomic E-state index is 13.9. The largest absolute Gasteiger partial charge is 0.368 e. The minimum Gasteiger partial charge on any atom is -0.368 e. The molecule has 1 fully saturated rings. The van der Waals surface area contributed by atoms with Crippen LogP contribution in [0.5, 0.6) is 0 Å². The zero-order valence-corrected chi connectivity index (χ0v) is 22.5.